The fraction of sp³-hybridized carbons (Fsp3) is 0.517. The molecule has 1 radical (unpaired) electrons. The van der Waals surface area contributed by atoms with Crippen LogP contribution < -0.4 is 10.5 Å². The predicted molar refractivity (Wildman–Crippen MR) is 150 cm³/mol. The minimum absolute atomic E-state index is 0. The number of benzene rings is 2. The number of aliphatic hydroxyl groups excluding tert-OH is 1. The number of rotatable bonds is 7. The van der Waals surface area contributed by atoms with Gasteiger partial charge in [-0.1, -0.05) is 28.1 Å². The molecule has 5 rings (SSSR count). The van der Waals surface area contributed by atoms with Crippen molar-refractivity contribution < 1.29 is 76.6 Å². The molecule has 239 valence electrons. The monoisotopic (exact) mass is 720 g/mol. The van der Waals surface area contributed by atoms with Crippen molar-refractivity contribution in [2.24, 2.45) is 5.73 Å². The second-order valence-electron chi connectivity index (χ2n) is 10.9. The third-order valence-electron chi connectivity index (χ3n) is 8.79. The van der Waals surface area contributed by atoms with Gasteiger partial charge in [-0.05, 0) is 13.0 Å². The summed E-state index contributed by atoms with van der Waals surface area (Å²) in [4.78, 5) is 27.5. The molecule has 1 saturated heterocycles. The number of carbonyl (C=O) groups is 2. The number of halogens is 2. The summed E-state index contributed by atoms with van der Waals surface area (Å²) in [6.45, 7) is 1.52. The summed E-state index contributed by atoms with van der Waals surface area (Å²) in [7, 11) is 3.89. The molecule has 0 spiro atoms. The van der Waals surface area contributed by atoms with Crippen molar-refractivity contribution in [3.05, 3.63) is 51.6 Å². The fourth-order valence-electron chi connectivity index (χ4n) is 6.32. The number of fused-ring (bicyclic) bond motifs is 3. The molecule has 3 aliphatic rings. The zero-order valence-electron chi connectivity index (χ0n) is 24.2. The number of ether oxygens (including phenoxy) is 5. The molecule has 0 aromatic heterocycles. The predicted octanol–water partition coefficient (Wildman–Crippen LogP) is 1.77. The van der Waals surface area contributed by atoms with Crippen molar-refractivity contribution >= 4 is 27.5 Å². The van der Waals surface area contributed by atoms with Gasteiger partial charge >= 0.3 is 0 Å². The van der Waals surface area contributed by atoms with Crippen LogP contribution in [0.5, 0.6) is 17.2 Å². The third kappa shape index (κ3) is 5.00. The summed E-state index contributed by atoms with van der Waals surface area (Å²) in [6, 6.07) is 3.32. The van der Waals surface area contributed by atoms with Crippen LogP contribution in [-0.4, -0.2) is 101 Å². The van der Waals surface area contributed by atoms with Crippen molar-refractivity contribution in [1.82, 2.24) is 0 Å². The Hall–Kier alpha value is -2.11. The Morgan fingerprint density at radius 3 is 2.34 bits per heavy atom. The Morgan fingerprint density at radius 2 is 1.75 bits per heavy atom. The van der Waals surface area contributed by atoms with E-state index in [0.717, 1.165) is 0 Å². The van der Waals surface area contributed by atoms with E-state index in [1.807, 2.05) is 0 Å². The molecule has 2 aromatic carbocycles. The molecule has 2 aromatic rings. The Balaban J connectivity index is 0.00000442. The van der Waals surface area contributed by atoms with Gasteiger partial charge in [0, 0.05) is 62.3 Å². The number of nitrogens with two attached hydrogens (primary N) is 1. The van der Waals surface area contributed by atoms with Gasteiger partial charge < -0.3 is 49.8 Å². The van der Waals surface area contributed by atoms with Gasteiger partial charge in [0.25, 0.3) is 0 Å². The van der Waals surface area contributed by atoms with E-state index in [1.54, 1.807) is 0 Å². The topological polar surface area (TPSA) is 187 Å². The smallest absolute Gasteiger partial charge is 0.207 e. The normalized spacial score (nSPS) is 29.8. The van der Waals surface area contributed by atoms with Crippen molar-refractivity contribution in [2.45, 2.75) is 68.0 Å². The molecule has 44 heavy (non-hydrogen) atoms. The number of hydrogen-bond donors (Lipinski definition) is 5. The molecule has 0 bridgehead atoms. The van der Waals surface area contributed by atoms with E-state index in [4.69, 9.17) is 29.4 Å². The second-order valence-corrected chi connectivity index (χ2v) is 11.5. The first-order chi connectivity index (χ1) is 20.3. The van der Waals surface area contributed by atoms with Crippen LogP contribution in [0.15, 0.2) is 18.2 Å². The summed E-state index contributed by atoms with van der Waals surface area (Å²) in [5, 5.41) is 45.7. The van der Waals surface area contributed by atoms with Gasteiger partial charge in [-0.25, -0.2) is 4.39 Å². The van der Waals surface area contributed by atoms with Crippen molar-refractivity contribution in [1.29, 1.82) is 0 Å². The molecule has 1 aliphatic heterocycles. The zero-order valence-corrected chi connectivity index (χ0v) is 27.2. The van der Waals surface area contributed by atoms with Gasteiger partial charge in [-0.3, -0.25) is 9.59 Å². The van der Waals surface area contributed by atoms with Crippen LogP contribution in [0, 0.1) is 0 Å². The average Bonchev–Trinajstić information content (AvgIpc) is 2.99. The van der Waals surface area contributed by atoms with Crippen LogP contribution in [0.1, 0.15) is 62.4 Å². The fourth-order valence-corrected chi connectivity index (χ4v) is 7.30. The maximum atomic E-state index is 15.3. The molecule has 15 heteroatoms. The molecule has 1 fully saturated rings. The van der Waals surface area contributed by atoms with E-state index >= 15 is 4.39 Å². The van der Waals surface area contributed by atoms with Crippen LogP contribution in [0.3, 0.4) is 0 Å². The number of hydrogen-bond acceptors (Lipinski definition) is 12. The quantitative estimate of drug-likeness (QED) is 0.136. The van der Waals surface area contributed by atoms with Crippen LogP contribution >= 0.6 is 15.9 Å². The van der Waals surface area contributed by atoms with E-state index in [2.05, 4.69) is 15.9 Å². The Morgan fingerprint density at radius 1 is 1.11 bits per heavy atom. The van der Waals surface area contributed by atoms with E-state index in [0.29, 0.717) is 0 Å². The second kappa shape index (κ2) is 12.6. The Labute approximate surface area is 272 Å². The van der Waals surface area contributed by atoms with Crippen molar-refractivity contribution in [3.63, 3.8) is 0 Å². The number of ketones is 2. The number of methoxy groups -OCH3 is 3. The molecular weight excluding hydrogens is 688 g/mol. The van der Waals surface area contributed by atoms with E-state index < -0.39 is 95.2 Å². The first-order valence-electron chi connectivity index (χ1n) is 13.5. The number of aromatic hydroxyl groups is 2. The van der Waals surface area contributed by atoms with E-state index in [9.17, 15) is 30.0 Å². The summed E-state index contributed by atoms with van der Waals surface area (Å²) in [5.41, 5.74) is 2.35. The van der Waals surface area contributed by atoms with E-state index in [-0.39, 0.29) is 51.9 Å². The largest absolute Gasteiger partial charge is 0.507 e. The number of aliphatic hydroxyl groups is 2. The minimum Gasteiger partial charge on any atom is -0.507 e. The molecular formula is C29H33BrFNO11V. The average molecular weight is 721 g/mol. The molecule has 1 heterocycles. The number of phenols is 2. The van der Waals surface area contributed by atoms with Gasteiger partial charge in [-0.15, -0.1) is 0 Å². The molecule has 6 N–H and O–H groups in total. The number of alkyl halides is 2. The van der Waals surface area contributed by atoms with Gasteiger partial charge in [0.15, 0.2) is 18.2 Å². The molecule has 7 atom stereocenters. The Kier molecular flexibility index (Phi) is 9.95. The molecule has 7 unspecified atom stereocenters. The van der Waals surface area contributed by atoms with E-state index in [1.165, 1.54) is 46.5 Å². The van der Waals surface area contributed by atoms with Gasteiger partial charge in [0.05, 0.1) is 47.4 Å². The number of carbonyl (C=O) groups excluding carboxylic acids is 2. The standard InChI is InChI=1S/C29H33BrFNO11.V/c1-11-21(32)26(37)20(31)27(42-11)43-15-9-28(38,29(10-30,40-3)41-4)8-13-17(15)25(36)19-18(23(13)34)22(33)12-6-5-7-14(39-2)16(12)24(19)35;/h5-7,11,15,20-21,26-27,34,36-38H,8-10,32H2,1-4H3;. The summed E-state index contributed by atoms with van der Waals surface area (Å²) >= 11 is 3.29. The van der Waals surface area contributed by atoms with Gasteiger partial charge in [-0.2, -0.15) is 0 Å². The Bertz CT molecular complexity index is 1470. The maximum absolute atomic E-state index is 15.3. The maximum Gasteiger partial charge on any atom is 0.207 e. The van der Waals surface area contributed by atoms with Crippen molar-refractivity contribution in [2.75, 3.05) is 26.7 Å². The molecule has 2 aliphatic carbocycles. The summed E-state index contributed by atoms with van der Waals surface area (Å²) < 4.78 is 43.4. The van der Waals surface area contributed by atoms with Gasteiger partial charge in [0.1, 0.15) is 29.0 Å². The molecule has 12 nitrogen and oxygen atoms in total. The van der Waals surface area contributed by atoms with Crippen LogP contribution in [0.2, 0.25) is 0 Å². The molecule has 0 amide bonds. The number of phenolic OH excluding ortho intramolecular Hbond substituents is 2. The summed E-state index contributed by atoms with van der Waals surface area (Å²) in [5.74, 6) is -4.64. The minimum atomic E-state index is -2.14. The first-order valence-corrected chi connectivity index (χ1v) is 14.6. The summed E-state index contributed by atoms with van der Waals surface area (Å²) in [6.07, 6.45) is -8.72. The van der Waals surface area contributed by atoms with Crippen LogP contribution in [0.25, 0.3) is 0 Å². The van der Waals surface area contributed by atoms with Crippen LogP contribution in [-0.2, 0) is 43.9 Å². The molecule has 0 saturated carbocycles. The van der Waals surface area contributed by atoms with Crippen molar-refractivity contribution in [3.8, 4) is 17.2 Å². The first kappa shape index (κ1) is 34.8. The van der Waals surface area contributed by atoms with Gasteiger partial charge in [0.2, 0.25) is 11.6 Å². The third-order valence-corrected chi connectivity index (χ3v) is 9.53. The SMILES string of the molecule is COc1cccc2c1C(=O)c1c(O)c3c(c(O)c1C2=O)CC(O)(C(CBr)(OC)OC)CC3OC1OC(C)C(N)C(O)C1F.[V]. The van der Waals surface area contributed by atoms with Crippen LogP contribution in [0.4, 0.5) is 4.39 Å². The zero-order chi connectivity index (χ0) is 31.6.